The second kappa shape index (κ2) is 7.90. The molecule has 1 N–H and O–H groups in total. The summed E-state index contributed by atoms with van der Waals surface area (Å²) in [4.78, 5) is 10.8. The average molecular weight is 282 g/mol. The Kier molecular flexibility index (Phi) is 5.59. The molecule has 2 aromatic rings. The summed E-state index contributed by atoms with van der Waals surface area (Å²) < 4.78 is 4.95. The summed E-state index contributed by atoms with van der Waals surface area (Å²) in [6, 6.07) is 19.5. The van der Waals surface area contributed by atoms with Crippen molar-refractivity contribution in [1.29, 1.82) is 0 Å². The van der Waals surface area contributed by atoms with Crippen molar-refractivity contribution in [2.75, 3.05) is 0 Å². The van der Waals surface area contributed by atoms with E-state index in [2.05, 4.69) is 12.1 Å². The van der Waals surface area contributed by atoms with Crippen LogP contribution in [0.25, 0.3) is 0 Å². The highest BCUT2D eigenvalue weighted by Crippen LogP contribution is 2.21. The summed E-state index contributed by atoms with van der Waals surface area (Å²) >= 11 is 0. The Morgan fingerprint density at radius 3 is 2.24 bits per heavy atom. The van der Waals surface area contributed by atoms with E-state index in [1.807, 2.05) is 60.7 Å². The van der Waals surface area contributed by atoms with Crippen molar-refractivity contribution in [3.05, 3.63) is 83.9 Å². The van der Waals surface area contributed by atoms with E-state index < -0.39 is 12.3 Å². The molecule has 0 aromatic heterocycles. The second-order valence-corrected chi connectivity index (χ2v) is 4.68. The fraction of sp³-hybridized carbons (Fsp3) is 0.167. The highest BCUT2D eigenvalue weighted by molar-refractivity contribution is 5.57. The summed E-state index contributed by atoms with van der Waals surface area (Å²) in [6.07, 6.45) is 3.65. The largest absolute Gasteiger partial charge is 0.506 e. The third-order valence-corrected chi connectivity index (χ3v) is 3.13. The maximum absolute atomic E-state index is 10.8. The lowest BCUT2D eigenvalue weighted by Crippen LogP contribution is -2.08. The van der Waals surface area contributed by atoms with Crippen LogP contribution < -0.4 is 0 Å². The zero-order valence-corrected chi connectivity index (χ0v) is 11.7. The van der Waals surface area contributed by atoms with E-state index in [0.717, 1.165) is 12.0 Å². The van der Waals surface area contributed by atoms with E-state index in [1.54, 1.807) is 0 Å². The molecule has 2 rings (SSSR count). The van der Waals surface area contributed by atoms with Crippen molar-refractivity contribution >= 4 is 6.16 Å². The van der Waals surface area contributed by atoms with Gasteiger partial charge in [0, 0.05) is 6.42 Å². The van der Waals surface area contributed by atoms with E-state index in [0.29, 0.717) is 6.42 Å². The van der Waals surface area contributed by atoms with Crippen LogP contribution in [0.3, 0.4) is 0 Å². The third-order valence-electron chi connectivity index (χ3n) is 3.13. The Balaban J connectivity index is 1.94. The number of hydrogen-bond acceptors (Lipinski definition) is 2. The molecule has 0 radical (unpaired) electrons. The molecular weight excluding hydrogens is 264 g/mol. The van der Waals surface area contributed by atoms with Gasteiger partial charge in [0.05, 0.1) is 0 Å². The van der Waals surface area contributed by atoms with Gasteiger partial charge in [-0.1, -0.05) is 72.8 Å². The first-order valence-electron chi connectivity index (χ1n) is 6.89. The normalized spacial score (nSPS) is 12.2. The monoisotopic (exact) mass is 282 g/mol. The number of rotatable bonds is 6. The Morgan fingerprint density at radius 1 is 1.00 bits per heavy atom. The number of carbonyl (C=O) groups is 1. The van der Waals surface area contributed by atoms with Gasteiger partial charge in [-0.15, -0.1) is 0 Å². The maximum atomic E-state index is 10.8. The second-order valence-electron chi connectivity index (χ2n) is 4.68. The molecule has 21 heavy (non-hydrogen) atoms. The van der Waals surface area contributed by atoms with Crippen molar-refractivity contribution in [2.45, 2.75) is 18.9 Å². The van der Waals surface area contributed by atoms with Gasteiger partial charge in [-0.25, -0.2) is 4.79 Å². The van der Waals surface area contributed by atoms with Crippen molar-refractivity contribution in [3.63, 3.8) is 0 Å². The summed E-state index contributed by atoms with van der Waals surface area (Å²) in [5.74, 6) is 0. The predicted molar refractivity (Wildman–Crippen MR) is 82.2 cm³/mol. The first-order valence-corrected chi connectivity index (χ1v) is 6.89. The first kappa shape index (κ1) is 14.9. The van der Waals surface area contributed by atoms with E-state index in [-0.39, 0.29) is 0 Å². The standard InChI is InChI=1S/C18H18O3/c19-18(20)21-17(16-12-5-2-6-13-16)14-8-7-11-15-9-3-1-4-10-15/h1-10,12-13,17H,11,14H2,(H,19,20). The van der Waals surface area contributed by atoms with E-state index in [1.165, 1.54) is 5.56 Å². The molecule has 1 atom stereocenters. The van der Waals surface area contributed by atoms with Crippen LogP contribution in [0.2, 0.25) is 0 Å². The zero-order chi connectivity index (χ0) is 14.9. The number of carboxylic acid groups (broad SMARTS) is 1. The van der Waals surface area contributed by atoms with E-state index >= 15 is 0 Å². The van der Waals surface area contributed by atoms with Crippen LogP contribution in [-0.2, 0) is 11.2 Å². The lowest BCUT2D eigenvalue weighted by atomic mass is 10.1. The molecule has 3 nitrogen and oxygen atoms in total. The molecule has 0 aliphatic rings. The van der Waals surface area contributed by atoms with Gasteiger partial charge < -0.3 is 9.84 Å². The summed E-state index contributed by atoms with van der Waals surface area (Å²) in [7, 11) is 0. The quantitative estimate of drug-likeness (QED) is 0.621. The van der Waals surface area contributed by atoms with Crippen LogP contribution in [0.5, 0.6) is 0 Å². The Morgan fingerprint density at radius 2 is 1.62 bits per heavy atom. The number of hydrogen-bond donors (Lipinski definition) is 1. The van der Waals surface area contributed by atoms with Gasteiger partial charge in [-0.2, -0.15) is 0 Å². The minimum Gasteiger partial charge on any atom is -0.450 e. The third kappa shape index (κ3) is 5.15. The van der Waals surface area contributed by atoms with Crippen molar-refractivity contribution in [3.8, 4) is 0 Å². The Hall–Kier alpha value is -2.55. The molecule has 0 aliphatic heterocycles. The minimum absolute atomic E-state index is 0.462. The van der Waals surface area contributed by atoms with E-state index in [4.69, 9.17) is 9.84 Å². The lowest BCUT2D eigenvalue weighted by Gasteiger charge is -2.14. The number of allylic oxidation sites excluding steroid dienone is 1. The molecule has 0 heterocycles. The average Bonchev–Trinajstić information content (AvgIpc) is 2.52. The molecule has 0 saturated carbocycles. The van der Waals surface area contributed by atoms with E-state index in [9.17, 15) is 4.79 Å². The predicted octanol–water partition coefficient (Wildman–Crippen LogP) is 4.61. The van der Waals surface area contributed by atoms with Crippen LogP contribution in [-0.4, -0.2) is 11.3 Å². The molecular formula is C18H18O3. The van der Waals surface area contributed by atoms with Crippen LogP contribution in [0.15, 0.2) is 72.8 Å². The molecule has 0 fully saturated rings. The van der Waals surface area contributed by atoms with Crippen molar-refractivity contribution < 1.29 is 14.6 Å². The zero-order valence-electron chi connectivity index (χ0n) is 11.7. The highest BCUT2D eigenvalue weighted by Gasteiger charge is 2.13. The molecule has 2 aromatic carbocycles. The molecule has 0 bridgehead atoms. The van der Waals surface area contributed by atoms with Crippen molar-refractivity contribution in [2.24, 2.45) is 0 Å². The van der Waals surface area contributed by atoms with Gasteiger partial charge in [0.1, 0.15) is 6.10 Å². The molecule has 0 amide bonds. The SMILES string of the molecule is O=C(O)OC(CC=CCc1ccccc1)c1ccccc1. The van der Waals surface area contributed by atoms with Gasteiger partial charge in [-0.3, -0.25) is 0 Å². The van der Waals surface area contributed by atoms with Crippen LogP contribution in [0, 0.1) is 0 Å². The van der Waals surface area contributed by atoms with Crippen LogP contribution in [0.4, 0.5) is 4.79 Å². The van der Waals surface area contributed by atoms with Crippen molar-refractivity contribution in [1.82, 2.24) is 0 Å². The van der Waals surface area contributed by atoms with Crippen LogP contribution in [0.1, 0.15) is 23.7 Å². The van der Waals surface area contributed by atoms with Crippen LogP contribution >= 0.6 is 0 Å². The van der Waals surface area contributed by atoms with Gasteiger partial charge in [0.2, 0.25) is 0 Å². The van der Waals surface area contributed by atoms with Gasteiger partial charge in [0.15, 0.2) is 0 Å². The van der Waals surface area contributed by atoms with Gasteiger partial charge in [0.25, 0.3) is 0 Å². The van der Waals surface area contributed by atoms with Gasteiger partial charge in [-0.05, 0) is 17.5 Å². The fourth-order valence-corrected chi connectivity index (χ4v) is 2.09. The Bertz CT molecular complexity index is 576. The summed E-state index contributed by atoms with van der Waals surface area (Å²) in [5.41, 5.74) is 2.09. The minimum atomic E-state index is -1.25. The molecule has 3 heteroatoms. The topological polar surface area (TPSA) is 46.5 Å². The highest BCUT2D eigenvalue weighted by atomic mass is 16.7. The number of benzene rings is 2. The maximum Gasteiger partial charge on any atom is 0.506 e. The molecule has 0 aliphatic carbocycles. The first-order chi connectivity index (χ1) is 10.3. The molecule has 0 saturated heterocycles. The van der Waals surface area contributed by atoms with Gasteiger partial charge >= 0.3 is 6.16 Å². The lowest BCUT2D eigenvalue weighted by molar-refractivity contribution is 0.0523. The Labute approximate surface area is 124 Å². The number of ether oxygens (including phenoxy) is 1. The summed E-state index contributed by atoms with van der Waals surface area (Å²) in [6.45, 7) is 0. The fourth-order valence-electron chi connectivity index (χ4n) is 2.09. The smallest absolute Gasteiger partial charge is 0.450 e. The molecule has 0 spiro atoms. The summed E-state index contributed by atoms with van der Waals surface area (Å²) in [5, 5.41) is 8.83. The molecule has 108 valence electrons. The molecule has 1 unspecified atom stereocenters.